The number of carbonyl (C=O) groups excluding carboxylic acids is 1. The molecule has 27 heavy (non-hydrogen) atoms. The quantitative estimate of drug-likeness (QED) is 0.625. The summed E-state index contributed by atoms with van der Waals surface area (Å²) in [5.41, 5.74) is 3.81. The number of carbonyl (C=O) groups is 1. The molecule has 2 aromatic carbocycles. The maximum atomic E-state index is 12.6. The van der Waals surface area contributed by atoms with E-state index in [1.54, 1.807) is 17.4 Å². The molecule has 0 bridgehead atoms. The second-order valence-corrected chi connectivity index (χ2v) is 6.33. The lowest BCUT2D eigenvalue weighted by Gasteiger charge is -2.21. The molecule has 1 aromatic heterocycles. The van der Waals surface area contributed by atoms with Crippen LogP contribution in [0.5, 0.6) is 5.75 Å². The predicted molar refractivity (Wildman–Crippen MR) is 106 cm³/mol. The van der Waals surface area contributed by atoms with Crippen LogP contribution >= 0.6 is 0 Å². The van der Waals surface area contributed by atoms with E-state index in [2.05, 4.69) is 5.32 Å². The number of amides is 2. The Bertz CT molecular complexity index is 861. The molecule has 1 heterocycles. The number of nitrogens with zero attached hydrogens (tertiary/aromatic N) is 1. The van der Waals surface area contributed by atoms with Crippen LogP contribution in [0.2, 0.25) is 0 Å². The van der Waals surface area contributed by atoms with Crippen LogP contribution in [-0.4, -0.2) is 17.5 Å². The minimum Gasteiger partial charge on any atom is -0.489 e. The highest BCUT2D eigenvalue weighted by Crippen LogP contribution is 2.23. The second-order valence-electron chi connectivity index (χ2n) is 6.33. The number of aryl methyl sites for hydroxylation is 1. The first kappa shape index (κ1) is 18.6. The molecule has 0 radical (unpaired) electrons. The van der Waals surface area contributed by atoms with E-state index in [1.807, 2.05) is 68.4 Å². The van der Waals surface area contributed by atoms with Crippen molar-refractivity contribution < 1.29 is 13.9 Å². The van der Waals surface area contributed by atoms with E-state index >= 15 is 0 Å². The minimum atomic E-state index is -0.139. The van der Waals surface area contributed by atoms with Crippen LogP contribution < -0.4 is 10.1 Å². The predicted octanol–water partition coefficient (Wildman–Crippen LogP) is 5.22. The van der Waals surface area contributed by atoms with Crippen molar-refractivity contribution in [3.8, 4) is 5.75 Å². The minimum absolute atomic E-state index is 0.139. The molecule has 0 atom stereocenters. The zero-order valence-electron chi connectivity index (χ0n) is 15.6. The van der Waals surface area contributed by atoms with Gasteiger partial charge in [-0.3, -0.25) is 0 Å². The molecule has 0 aliphatic heterocycles. The maximum Gasteiger partial charge on any atom is 0.322 e. The Morgan fingerprint density at radius 1 is 1.11 bits per heavy atom. The van der Waals surface area contributed by atoms with Crippen molar-refractivity contribution in [1.82, 2.24) is 4.90 Å². The molecule has 0 saturated carbocycles. The lowest BCUT2D eigenvalue weighted by atomic mass is 10.2. The van der Waals surface area contributed by atoms with Crippen molar-refractivity contribution in [3.05, 3.63) is 83.8 Å². The van der Waals surface area contributed by atoms with Crippen molar-refractivity contribution in [1.29, 1.82) is 0 Å². The van der Waals surface area contributed by atoms with E-state index in [0.29, 0.717) is 19.7 Å². The first-order valence-electron chi connectivity index (χ1n) is 9.00. The second kappa shape index (κ2) is 8.94. The summed E-state index contributed by atoms with van der Waals surface area (Å²) < 4.78 is 10.9. The summed E-state index contributed by atoms with van der Waals surface area (Å²) in [5.74, 6) is 0.778. The third kappa shape index (κ3) is 5.14. The largest absolute Gasteiger partial charge is 0.489 e. The standard InChI is InChI=1S/C22H24N2O3/c1-3-24(14-19-11-12-26-15-19)22(25)23-21-10-9-20(13-17(21)2)27-16-18-7-5-4-6-8-18/h4-13,15H,3,14,16H2,1-2H3,(H,23,25). The zero-order chi connectivity index (χ0) is 19.1. The first-order valence-corrected chi connectivity index (χ1v) is 9.00. The molecule has 140 valence electrons. The van der Waals surface area contributed by atoms with Gasteiger partial charge in [0.1, 0.15) is 12.4 Å². The fourth-order valence-electron chi connectivity index (χ4n) is 2.73. The number of ether oxygens (including phenoxy) is 1. The third-order valence-corrected chi connectivity index (χ3v) is 4.31. The summed E-state index contributed by atoms with van der Waals surface area (Å²) in [5, 5.41) is 2.98. The topological polar surface area (TPSA) is 54.7 Å². The number of rotatable bonds is 7. The van der Waals surface area contributed by atoms with Crippen molar-refractivity contribution in [2.24, 2.45) is 0 Å². The summed E-state index contributed by atoms with van der Waals surface area (Å²) in [4.78, 5) is 14.3. The number of hydrogen-bond donors (Lipinski definition) is 1. The van der Waals surface area contributed by atoms with Crippen LogP contribution in [0.3, 0.4) is 0 Å². The van der Waals surface area contributed by atoms with Crippen molar-refractivity contribution in [2.45, 2.75) is 27.0 Å². The van der Waals surface area contributed by atoms with E-state index in [9.17, 15) is 4.79 Å². The molecule has 0 aliphatic rings. The molecule has 3 rings (SSSR count). The summed E-state index contributed by atoms with van der Waals surface area (Å²) in [7, 11) is 0. The fraction of sp³-hybridized carbons (Fsp3) is 0.227. The normalized spacial score (nSPS) is 10.4. The molecule has 0 saturated heterocycles. The van der Waals surface area contributed by atoms with E-state index in [-0.39, 0.29) is 6.03 Å². The molecule has 1 N–H and O–H groups in total. The van der Waals surface area contributed by atoms with Crippen LogP contribution in [-0.2, 0) is 13.2 Å². The molecule has 5 nitrogen and oxygen atoms in total. The highest BCUT2D eigenvalue weighted by Gasteiger charge is 2.14. The molecule has 0 aliphatic carbocycles. The van der Waals surface area contributed by atoms with Gasteiger partial charge in [0.25, 0.3) is 0 Å². The Kier molecular flexibility index (Phi) is 6.15. The Hall–Kier alpha value is -3.21. The van der Waals surface area contributed by atoms with Gasteiger partial charge in [0.15, 0.2) is 0 Å². The number of nitrogens with one attached hydrogen (secondary N) is 1. The van der Waals surface area contributed by atoms with E-state index in [1.165, 1.54) is 0 Å². The molecule has 3 aromatic rings. The number of furan rings is 1. The van der Waals surface area contributed by atoms with E-state index in [4.69, 9.17) is 9.15 Å². The van der Waals surface area contributed by atoms with Gasteiger partial charge in [-0.15, -0.1) is 0 Å². The molecule has 0 unspecified atom stereocenters. The highest BCUT2D eigenvalue weighted by molar-refractivity contribution is 5.90. The Morgan fingerprint density at radius 3 is 2.59 bits per heavy atom. The molecule has 0 spiro atoms. The smallest absolute Gasteiger partial charge is 0.322 e. The van der Waals surface area contributed by atoms with Gasteiger partial charge < -0.3 is 19.4 Å². The van der Waals surface area contributed by atoms with E-state index < -0.39 is 0 Å². The third-order valence-electron chi connectivity index (χ3n) is 4.31. The van der Waals surface area contributed by atoms with E-state index in [0.717, 1.165) is 28.1 Å². The van der Waals surface area contributed by atoms with Crippen LogP contribution in [0, 0.1) is 6.92 Å². The van der Waals surface area contributed by atoms with Gasteiger partial charge in [-0.25, -0.2) is 4.79 Å². The van der Waals surface area contributed by atoms with Gasteiger partial charge in [0.2, 0.25) is 0 Å². The zero-order valence-corrected chi connectivity index (χ0v) is 15.6. The summed E-state index contributed by atoms with van der Waals surface area (Å²) in [6, 6.07) is 17.4. The fourth-order valence-corrected chi connectivity index (χ4v) is 2.73. The molecular weight excluding hydrogens is 340 g/mol. The van der Waals surface area contributed by atoms with Gasteiger partial charge in [-0.2, -0.15) is 0 Å². The number of hydrogen-bond acceptors (Lipinski definition) is 3. The number of benzene rings is 2. The van der Waals surface area contributed by atoms with Crippen molar-refractivity contribution in [2.75, 3.05) is 11.9 Å². The molecule has 2 amide bonds. The summed E-state index contributed by atoms with van der Waals surface area (Å²) >= 11 is 0. The molecule has 0 fully saturated rings. The molecular formula is C22H24N2O3. The van der Waals surface area contributed by atoms with Gasteiger partial charge in [0.05, 0.1) is 19.1 Å². The average Bonchev–Trinajstić information content (AvgIpc) is 3.20. The monoisotopic (exact) mass is 364 g/mol. The number of urea groups is 1. The van der Waals surface area contributed by atoms with Gasteiger partial charge in [0, 0.05) is 17.8 Å². The van der Waals surface area contributed by atoms with Gasteiger partial charge >= 0.3 is 6.03 Å². The van der Waals surface area contributed by atoms with Gasteiger partial charge in [-0.1, -0.05) is 30.3 Å². The van der Waals surface area contributed by atoms with Crippen molar-refractivity contribution in [3.63, 3.8) is 0 Å². The average molecular weight is 364 g/mol. The lowest BCUT2D eigenvalue weighted by molar-refractivity contribution is 0.212. The summed E-state index contributed by atoms with van der Waals surface area (Å²) in [6.45, 7) is 5.54. The maximum absolute atomic E-state index is 12.6. The Morgan fingerprint density at radius 2 is 1.93 bits per heavy atom. The number of anilines is 1. The summed E-state index contributed by atoms with van der Waals surface area (Å²) in [6.07, 6.45) is 3.26. The Balaban J connectivity index is 1.60. The SMILES string of the molecule is CCN(Cc1ccoc1)C(=O)Nc1ccc(OCc2ccccc2)cc1C. The first-order chi connectivity index (χ1) is 13.2. The lowest BCUT2D eigenvalue weighted by Crippen LogP contribution is -2.34. The van der Waals surface area contributed by atoms with Gasteiger partial charge in [-0.05, 0) is 49.2 Å². The van der Waals surface area contributed by atoms with Crippen LogP contribution in [0.1, 0.15) is 23.6 Å². The highest BCUT2D eigenvalue weighted by atomic mass is 16.5. The van der Waals surface area contributed by atoms with Crippen LogP contribution in [0.4, 0.5) is 10.5 Å². The van der Waals surface area contributed by atoms with Crippen LogP contribution in [0.15, 0.2) is 71.5 Å². The van der Waals surface area contributed by atoms with Crippen molar-refractivity contribution >= 4 is 11.7 Å². The Labute approximate surface area is 159 Å². The van der Waals surface area contributed by atoms with Crippen LogP contribution in [0.25, 0.3) is 0 Å². The molecule has 5 heteroatoms.